The van der Waals surface area contributed by atoms with Gasteiger partial charge in [0, 0.05) is 65.4 Å². The number of nitrogens with zero attached hydrogens (tertiary/aromatic N) is 5. The first-order valence-electron chi connectivity index (χ1n) is 22.6. The molecule has 54 heavy (non-hydrogen) atoms. The van der Waals surface area contributed by atoms with Crippen LogP contribution in [0.25, 0.3) is 0 Å². The number of aliphatic imine (C=N–C) groups is 3. The molecule has 2 amide bonds. The Labute approximate surface area is 330 Å². The smallest absolute Gasteiger partial charge is 0.319 e. The molecule has 3 saturated carbocycles. The standard InChI is InChI=1S/C42H83N11O/c1-2-3-4-16-29-52(31-18-11-8-14-27-47-40(44)50-34-37-22-23-37)42(54)53(32-19-12-9-15-28-48-41(45)51-35-38-24-25-38)30-17-10-6-5-7-13-26-46-39(43)49-33-36-20-21-36/h36-38H,2-35H2,1H3,(H3,43,46,49)(H3,44,47,50)(H3,45,48,51). The van der Waals surface area contributed by atoms with E-state index in [-0.39, 0.29) is 6.03 Å². The van der Waals surface area contributed by atoms with Crippen molar-refractivity contribution in [3.8, 4) is 0 Å². The van der Waals surface area contributed by atoms with Crippen LogP contribution in [0.15, 0.2) is 15.0 Å². The molecule has 0 aromatic heterocycles. The van der Waals surface area contributed by atoms with E-state index in [2.05, 4.69) is 47.7 Å². The molecule has 0 aromatic carbocycles. The highest BCUT2D eigenvalue weighted by molar-refractivity contribution is 5.78. The third kappa shape index (κ3) is 25.2. The lowest BCUT2D eigenvalue weighted by atomic mass is 10.1. The van der Waals surface area contributed by atoms with Gasteiger partial charge in [0.15, 0.2) is 17.9 Å². The van der Waals surface area contributed by atoms with Gasteiger partial charge in [0.25, 0.3) is 0 Å². The molecule has 0 saturated heterocycles. The molecule has 3 rings (SSSR count). The normalized spacial score (nSPS) is 16.4. The Morgan fingerprint density at radius 3 is 1.04 bits per heavy atom. The number of guanidine groups is 3. The molecule has 9 N–H and O–H groups in total. The Balaban J connectivity index is 1.37. The zero-order chi connectivity index (χ0) is 38.5. The summed E-state index contributed by atoms with van der Waals surface area (Å²) in [7, 11) is 0. The van der Waals surface area contributed by atoms with Crippen molar-refractivity contribution in [1.29, 1.82) is 0 Å². The quantitative estimate of drug-likeness (QED) is 0.0241. The topological polar surface area (TPSA) is 175 Å². The molecule has 3 fully saturated rings. The predicted octanol–water partition coefficient (Wildman–Crippen LogP) is 6.70. The van der Waals surface area contributed by atoms with Crippen LogP contribution in [-0.4, -0.2) is 99.2 Å². The third-order valence-electron chi connectivity index (χ3n) is 11.0. The van der Waals surface area contributed by atoms with E-state index in [1.165, 1.54) is 77.0 Å². The van der Waals surface area contributed by atoms with Gasteiger partial charge >= 0.3 is 6.03 Å². The molecule has 0 bridgehead atoms. The van der Waals surface area contributed by atoms with Crippen molar-refractivity contribution in [2.45, 2.75) is 161 Å². The number of carbonyl (C=O) groups excluding carboxylic acids is 1. The van der Waals surface area contributed by atoms with Gasteiger partial charge in [-0.25, -0.2) is 4.79 Å². The van der Waals surface area contributed by atoms with Crippen molar-refractivity contribution in [3.63, 3.8) is 0 Å². The maximum atomic E-state index is 14.1. The number of rotatable bonds is 34. The van der Waals surface area contributed by atoms with Crippen LogP contribution in [0.3, 0.4) is 0 Å². The fraction of sp³-hybridized carbons (Fsp3) is 0.905. The second-order valence-corrected chi connectivity index (χ2v) is 16.6. The van der Waals surface area contributed by atoms with Crippen molar-refractivity contribution >= 4 is 23.9 Å². The summed E-state index contributed by atoms with van der Waals surface area (Å²) in [5, 5.41) is 9.82. The van der Waals surface area contributed by atoms with Gasteiger partial charge in [0.05, 0.1) is 0 Å². The zero-order valence-corrected chi connectivity index (χ0v) is 34.7. The molecule has 3 aliphatic carbocycles. The molecule has 0 heterocycles. The number of urea groups is 1. The van der Waals surface area contributed by atoms with Crippen LogP contribution in [0.1, 0.15) is 161 Å². The second kappa shape index (κ2) is 29.4. The summed E-state index contributed by atoms with van der Waals surface area (Å²) < 4.78 is 0. The summed E-state index contributed by atoms with van der Waals surface area (Å²) in [6.45, 7) is 10.9. The number of nitrogens with one attached hydrogen (secondary N) is 3. The van der Waals surface area contributed by atoms with Crippen molar-refractivity contribution < 1.29 is 4.79 Å². The monoisotopic (exact) mass is 758 g/mol. The largest absolute Gasteiger partial charge is 0.370 e. The van der Waals surface area contributed by atoms with E-state index in [4.69, 9.17) is 17.2 Å². The number of unbranched alkanes of at least 4 members (excludes halogenated alkanes) is 14. The van der Waals surface area contributed by atoms with Crippen LogP contribution in [0.2, 0.25) is 0 Å². The van der Waals surface area contributed by atoms with Crippen LogP contribution in [-0.2, 0) is 0 Å². The first-order valence-corrected chi connectivity index (χ1v) is 22.6. The minimum Gasteiger partial charge on any atom is -0.370 e. The van der Waals surface area contributed by atoms with Crippen LogP contribution < -0.4 is 33.2 Å². The zero-order valence-electron chi connectivity index (χ0n) is 34.7. The van der Waals surface area contributed by atoms with Crippen molar-refractivity contribution in [2.24, 2.45) is 49.9 Å². The van der Waals surface area contributed by atoms with E-state index in [9.17, 15) is 4.79 Å². The first kappa shape index (κ1) is 45.5. The molecule has 0 atom stereocenters. The average Bonchev–Trinajstić information content (AvgIpc) is 4.01. The predicted molar refractivity (Wildman–Crippen MR) is 229 cm³/mol. The molecule has 312 valence electrons. The van der Waals surface area contributed by atoms with E-state index in [0.29, 0.717) is 17.9 Å². The van der Waals surface area contributed by atoms with E-state index in [1.54, 1.807) is 0 Å². The number of hydrogen-bond acceptors (Lipinski definition) is 4. The van der Waals surface area contributed by atoms with Crippen LogP contribution in [0, 0.1) is 17.8 Å². The molecule has 0 aromatic rings. The van der Waals surface area contributed by atoms with E-state index >= 15 is 0 Å². The van der Waals surface area contributed by atoms with Gasteiger partial charge in [0.1, 0.15) is 0 Å². The first-order chi connectivity index (χ1) is 26.4. The Hall–Kier alpha value is -2.92. The van der Waals surface area contributed by atoms with Crippen LogP contribution in [0.5, 0.6) is 0 Å². The summed E-state index contributed by atoms with van der Waals surface area (Å²) >= 11 is 0. The summed E-state index contributed by atoms with van der Waals surface area (Å²) in [5.74, 6) is 4.06. The van der Waals surface area contributed by atoms with Gasteiger partial charge < -0.3 is 43.0 Å². The molecule has 12 nitrogen and oxygen atoms in total. The number of carbonyl (C=O) groups is 1. The van der Waals surface area contributed by atoms with E-state index < -0.39 is 0 Å². The molecule has 0 radical (unpaired) electrons. The summed E-state index contributed by atoms with van der Waals surface area (Å²) in [4.78, 5) is 31.9. The number of amides is 2. The maximum Gasteiger partial charge on any atom is 0.319 e. The summed E-state index contributed by atoms with van der Waals surface area (Å²) in [6.07, 6.45) is 28.2. The minimum atomic E-state index is 0.251. The fourth-order valence-corrected chi connectivity index (χ4v) is 6.63. The van der Waals surface area contributed by atoms with Gasteiger partial charge in [-0.3, -0.25) is 15.0 Å². The van der Waals surface area contributed by atoms with Gasteiger partial charge in [-0.1, -0.05) is 77.6 Å². The van der Waals surface area contributed by atoms with Gasteiger partial charge in [-0.15, -0.1) is 0 Å². The minimum absolute atomic E-state index is 0.251. The molecule has 0 spiro atoms. The SMILES string of the molecule is CCCCCCN(CCCCCCNC(N)=NCC1CC1)C(=O)N(CCCCCCCCNC(N)=NCC1CC1)CCCCCCNC(N)=NCC1CC1. The Morgan fingerprint density at radius 2 is 0.741 bits per heavy atom. The van der Waals surface area contributed by atoms with Gasteiger partial charge in [-0.2, -0.15) is 0 Å². The van der Waals surface area contributed by atoms with E-state index in [0.717, 1.165) is 160 Å². The van der Waals surface area contributed by atoms with Crippen LogP contribution >= 0.6 is 0 Å². The molecule has 3 aliphatic rings. The number of nitrogens with two attached hydrogens (primary N) is 3. The Morgan fingerprint density at radius 1 is 0.463 bits per heavy atom. The highest BCUT2D eigenvalue weighted by Crippen LogP contribution is 2.29. The van der Waals surface area contributed by atoms with Crippen molar-refractivity contribution in [2.75, 3.05) is 65.4 Å². The molecular formula is C42H83N11O. The van der Waals surface area contributed by atoms with Gasteiger partial charge in [0.2, 0.25) is 0 Å². The van der Waals surface area contributed by atoms with Crippen LogP contribution in [0.4, 0.5) is 4.79 Å². The molecule has 12 heteroatoms. The molecular weight excluding hydrogens is 675 g/mol. The molecule has 0 aliphatic heterocycles. The Kier molecular flexibility index (Phi) is 24.7. The Bertz CT molecular complexity index is 1050. The third-order valence-corrected chi connectivity index (χ3v) is 11.0. The second-order valence-electron chi connectivity index (χ2n) is 16.6. The molecule has 0 unspecified atom stereocenters. The highest BCUT2D eigenvalue weighted by atomic mass is 16.2. The fourth-order valence-electron chi connectivity index (χ4n) is 6.63. The lowest BCUT2D eigenvalue weighted by Crippen LogP contribution is -2.45. The van der Waals surface area contributed by atoms with Crippen molar-refractivity contribution in [1.82, 2.24) is 25.8 Å². The maximum absolute atomic E-state index is 14.1. The summed E-state index contributed by atoms with van der Waals surface area (Å²) in [5.41, 5.74) is 18.1. The van der Waals surface area contributed by atoms with E-state index in [1.807, 2.05) is 0 Å². The summed E-state index contributed by atoms with van der Waals surface area (Å²) in [6, 6.07) is 0.251. The van der Waals surface area contributed by atoms with Gasteiger partial charge in [-0.05, 0) is 101 Å². The highest BCUT2D eigenvalue weighted by Gasteiger charge is 2.22. The lowest BCUT2D eigenvalue weighted by Gasteiger charge is -2.31. The van der Waals surface area contributed by atoms with Crippen molar-refractivity contribution in [3.05, 3.63) is 0 Å². The average molecular weight is 758 g/mol. The lowest BCUT2D eigenvalue weighted by molar-refractivity contribution is 0.148. The number of hydrogen-bond donors (Lipinski definition) is 6.